The summed E-state index contributed by atoms with van der Waals surface area (Å²) in [4.78, 5) is 6.29. The minimum atomic E-state index is -2.49. The molecular weight excluding hydrogens is 309 g/mol. The summed E-state index contributed by atoms with van der Waals surface area (Å²) < 4.78 is 26.4. The van der Waals surface area contributed by atoms with Crippen LogP contribution in [-0.2, 0) is 6.54 Å². The highest BCUT2D eigenvalue weighted by Gasteiger charge is 2.32. The van der Waals surface area contributed by atoms with Gasteiger partial charge in [0.2, 0.25) is 0 Å². The lowest BCUT2D eigenvalue weighted by Gasteiger charge is -2.34. The van der Waals surface area contributed by atoms with Crippen LogP contribution in [0.5, 0.6) is 0 Å². The summed E-state index contributed by atoms with van der Waals surface area (Å²) in [7, 11) is 0. The largest absolute Gasteiger partial charge is 0.319 e. The molecule has 116 valence electrons. The number of aromatic nitrogens is 2. The zero-order valence-electron chi connectivity index (χ0n) is 11.0. The number of piperidine rings is 1. The lowest BCUT2D eigenvalue weighted by molar-refractivity contribution is 0.0615. The molecule has 2 unspecified atom stereocenters. The SMILES string of the molecule is Cl.Cl.FC(F)n1ccnc1CN1CCC2NCCC2C1. The number of likely N-dealkylation sites (tertiary alicyclic amines) is 1. The Hall–Kier alpha value is -0.430. The van der Waals surface area contributed by atoms with Gasteiger partial charge in [-0.25, -0.2) is 4.98 Å². The third-order valence-electron chi connectivity index (χ3n) is 4.06. The molecule has 1 aromatic heterocycles. The molecule has 2 fully saturated rings. The van der Waals surface area contributed by atoms with Crippen molar-refractivity contribution < 1.29 is 8.78 Å². The normalized spacial score (nSPS) is 25.9. The molecule has 0 amide bonds. The molecular formula is C12H20Cl2F2N4. The second-order valence-electron chi connectivity index (χ2n) is 5.16. The van der Waals surface area contributed by atoms with Crippen LogP contribution in [0.3, 0.4) is 0 Å². The predicted octanol–water partition coefficient (Wildman–Crippen LogP) is 2.31. The van der Waals surface area contributed by atoms with Gasteiger partial charge in [-0.3, -0.25) is 9.47 Å². The van der Waals surface area contributed by atoms with E-state index in [1.807, 2.05) is 0 Å². The number of nitrogens with one attached hydrogen (secondary N) is 1. The lowest BCUT2D eigenvalue weighted by Crippen LogP contribution is -2.44. The van der Waals surface area contributed by atoms with Gasteiger partial charge in [-0.05, 0) is 25.3 Å². The van der Waals surface area contributed by atoms with Crippen molar-refractivity contribution in [1.82, 2.24) is 19.8 Å². The van der Waals surface area contributed by atoms with Crippen LogP contribution in [0.25, 0.3) is 0 Å². The van der Waals surface area contributed by atoms with Crippen LogP contribution in [0.15, 0.2) is 12.4 Å². The zero-order valence-corrected chi connectivity index (χ0v) is 12.7. The highest BCUT2D eigenvalue weighted by atomic mass is 35.5. The second kappa shape index (κ2) is 7.54. The first-order chi connectivity index (χ1) is 8.74. The van der Waals surface area contributed by atoms with Crippen LogP contribution in [-0.4, -0.2) is 40.1 Å². The average Bonchev–Trinajstić information content (AvgIpc) is 2.96. The number of alkyl halides is 2. The van der Waals surface area contributed by atoms with Gasteiger partial charge in [0.25, 0.3) is 0 Å². The third kappa shape index (κ3) is 3.61. The Kier molecular flexibility index (Phi) is 6.64. The Labute approximate surface area is 129 Å². The van der Waals surface area contributed by atoms with Crippen LogP contribution < -0.4 is 5.32 Å². The van der Waals surface area contributed by atoms with Crippen LogP contribution in [0.1, 0.15) is 25.2 Å². The van der Waals surface area contributed by atoms with Crippen LogP contribution in [0.2, 0.25) is 0 Å². The molecule has 2 atom stereocenters. The molecule has 0 spiro atoms. The van der Waals surface area contributed by atoms with Crippen molar-refractivity contribution in [3.63, 3.8) is 0 Å². The minimum Gasteiger partial charge on any atom is -0.314 e. The van der Waals surface area contributed by atoms with E-state index in [9.17, 15) is 8.78 Å². The Bertz CT molecular complexity index is 416. The number of rotatable bonds is 3. The molecule has 0 radical (unpaired) electrons. The maximum Gasteiger partial charge on any atom is 0.319 e. The Morgan fingerprint density at radius 3 is 2.90 bits per heavy atom. The predicted molar refractivity (Wildman–Crippen MR) is 77.8 cm³/mol. The van der Waals surface area contributed by atoms with Gasteiger partial charge in [0.1, 0.15) is 5.82 Å². The molecule has 3 heterocycles. The number of nitrogens with zero attached hydrogens (tertiary/aromatic N) is 3. The highest BCUT2D eigenvalue weighted by molar-refractivity contribution is 5.85. The van der Waals surface area contributed by atoms with Gasteiger partial charge in [0, 0.05) is 31.5 Å². The maximum absolute atomic E-state index is 12.7. The fourth-order valence-electron chi connectivity index (χ4n) is 3.11. The summed E-state index contributed by atoms with van der Waals surface area (Å²) in [5.41, 5.74) is 0. The summed E-state index contributed by atoms with van der Waals surface area (Å²) in [6.07, 6.45) is 5.11. The molecule has 0 aliphatic carbocycles. The molecule has 1 N–H and O–H groups in total. The van der Waals surface area contributed by atoms with Crippen LogP contribution in [0.4, 0.5) is 8.78 Å². The summed E-state index contributed by atoms with van der Waals surface area (Å²) in [5.74, 6) is 1.14. The van der Waals surface area contributed by atoms with Gasteiger partial charge < -0.3 is 5.32 Å². The lowest BCUT2D eigenvalue weighted by atomic mass is 9.93. The number of hydrogen-bond acceptors (Lipinski definition) is 3. The molecule has 2 aliphatic heterocycles. The van der Waals surface area contributed by atoms with Gasteiger partial charge in [0.15, 0.2) is 0 Å². The van der Waals surface area contributed by atoms with E-state index in [4.69, 9.17) is 0 Å². The molecule has 3 rings (SSSR count). The third-order valence-corrected chi connectivity index (χ3v) is 4.06. The number of fused-ring (bicyclic) bond motifs is 1. The van der Waals surface area contributed by atoms with Crippen molar-refractivity contribution in [2.75, 3.05) is 19.6 Å². The molecule has 0 saturated carbocycles. The van der Waals surface area contributed by atoms with E-state index in [0.29, 0.717) is 24.3 Å². The molecule has 2 aliphatic rings. The molecule has 8 heteroatoms. The van der Waals surface area contributed by atoms with Crippen molar-refractivity contribution in [1.29, 1.82) is 0 Å². The molecule has 4 nitrogen and oxygen atoms in total. The minimum absolute atomic E-state index is 0. The quantitative estimate of drug-likeness (QED) is 0.924. The van der Waals surface area contributed by atoms with Crippen LogP contribution >= 0.6 is 24.8 Å². The van der Waals surface area contributed by atoms with E-state index >= 15 is 0 Å². The maximum atomic E-state index is 12.7. The van der Waals surface area contributed by atoms with Gasteiger partial charge in [-0.1, -0.05) is 0 Å². The van der Waals surface area contributed by atoms with Crippen molar-refractivity contribution in [3.8, 4) is 0 Å². The molecule has 1 aromatic rings. The first-order valence-electron chi connectivity index (χ1n) is 6.49. The standard InChI is InChI=1S/C12H18F2N4.2ClH/c13-12(14)18-6-4-16-11(18)8-17-5-2-10-9(7-17)1-3-15-10;;/h4,6,9-10,12,15H,1-3,5,7-8H2;2*1H. The molecule has 0 bridgehead atoms. The molecule has 0 aromatic carbocycles. The first-order valence-corrected chi connectivity index (χ1v) is 6.49. The van der Waals surface area contributed by atoms with E-state index in [-0.39, 0.29) is 24.8 Å². The van der Waals surface area contributed by atoms with E-state index in [2.05, 4.69) is 15.2 Å². The topological polar surface area (TPSA) is 33.1 Å². The smallest absolute Gasteiger partial charge is 0.314 e. The fourth-order valence-corrected chi connectivity index (χ4v) is 3.11. The molecule has 2 saturated heterocycles. The molecule has 20 heavy (non-hydrogen) atoms. The Morgan fingerprint density at radius 2 is 2.15 bits per heavy atom. The number of hydrogen-bond donors (Lipinski definition) is 1. The Morgan fingerprint density at radius 1 is 1.35 bits per heavy atom. The van der Waals surface area contributed by atoms with Gasteiger partial charge >= 0.3 is 6.55 Å². The van der Waals surface area contributed by atoms with Gasteiger partial charge in [0.05, 0.1) is 6.54 Å². The van der Waals surface area contributed by atoms with Crippen molar-refractivity contribution >= 4 is 24.8 Å². The summed E-state index contributed by atoms with van der Waals surface area (Å²) in [6, 6.07) is 0.635. The Balaban J connectivity index is 0.000001000. The van der Waals surface area contributed by atoms with Gasteiger partial charge in [-0.2, -0.15) is 8.78 Å². The van der Waals surface area contributed by atoms with E-state index in [0.717, 1.165) is 30.6 Å². The second-order valence-corrected chi connectivity index (χ2v) is 5.16. The van der Waals surface area contributed by atoms with E-state index in [1.54, 1.807) is 0 Å². The van der Waals surface area contributed by atoms with Crippen molar-refractivity contribution in [2.24, 2.45) is 5.92 Å². The van der Waals surface area contributed by atoms with Gasteiger partial charge in [-0.15, -0.1) is 24.8 Å². The first kappa shape index (κ1) is 17.6. The summed E-state index contributed by atoms with van der Waals surface area (Å²) in [6.45, 7) is 1.08. The van der Waals surface area contributed by atoms with Crippen molar-refractivity contribution in [3.05, 3.63) is 18.2 Å². The fraction of sp³-hybridized carbons (Fsp3) is 0.750. The zero-order chi connectivity index (χ0) is 12.5. The summed E-state index contributed by atoms with van der Waals surface area (Å²) in [5, 5.41) is 3.50. The van der Waals surface area contributed by atoms with E-state index < -0.39 is 6.55 Å². The number of imidazole rings is 1. The number of halogens is 4. The highest BCUT2D eigenvalue weighted by Crippen LogP contribution is 2.25. The van der Waals surface area contributed by atoms with Crippen LogP contribution in [0, 0.1) is 5.92 Å². The summed E-state index contributed by atoms with van der Waals surface area (Å²) >= 11 is 0. The van der Waals surface area contributed by atoms with E-state index in [1.165, 1.54) is 18.8 Å². The van der Waals surface area contributed by atoms with Crippen molar-refractivity contribution in [2.45, 2.75) is 32.0 Å². The monoisotopic (exact) mass is 328 g/mol. The average molecular weight is 329 g/mol.